The maximum atomic E-state index is 12.9. The van der Waals surface area contributed by atoms with Gasteiger partial charge in [0.15, 0.2) is 5.82 Å². The Hall–Kier alpha value is -5.00. The Balaban J connectivity index is 1.16. The number of hydrogen-bond acceptors (Lipinski definition) is 9. The molecule has 5 aromatic rings. The number of aromatic nitrogens is 5. The molecule has 1 aliphatic carbocycles. The van der Waals surface area contributed by atoms with E-state index in [-0.39, 0.29) is 24.1 Å². The number of carbonyl (C=O) groups is 2. The van der Waals surface area contributed by atoms with Crippen molar-refractivity contribution in [2.75, 3.05) is 7.11 Å². The second kappa shape index (κ2) is 9.14. The zero-order valence-electron chi connectivity index (χ0n) is 20.6. The molecule has 0 saturated heterocycles. The first kappa shape index (κ1) is 23.4. The molecule has 0 spiro atoms. The van der Waals surface area contributed by atoms with Crippen LogP contribution in [0.1, 0.15) is 34.9 Å². The molecule has 1 fully saturated rings. The first-order valence-corrected chi connectivity index (χ1v) is 11.9. The van der Waals surface area contributed by atoms with Gasteiger partial charge in [-0.05, 0) is 49.2 Å². The number of benzene rings is 1. The van der Waals surface area contributed by atoms with Crippen LogP contribution < -0.4 is 15.4 Å². The van der Waals surface area contributed by atoms with E-state index in [2.05, 4.69) is 30.9 Å². The smallest absolute Gasteiger partial charge is 0.290 e. The van der Waals surface area contributed by atoms with Crippen molar-refractivity contribution >= 4 is 22.7 Å². The molecule has 4 aromatic heterocycles. The molecule has 192 valence electrons. The summed E-state index contributed by atoms with van der Waals surface area (Å²) in [4.78, 5) is 34.3. The van der Waals surface area contributed by atoms with Crippen LogP contribution in [0.5, 0.6) is 5.88 Å². The molecule has 0 aliphatic heterocycles. The zero-order valence-corrected chi connectivity index (χ0v) is 20.6. The molecular formula is C26H23N7O5. The van der Waals surface area contributed by atoms with Crippen LogP contribution >= 0.6 is 0 Å². The van der Waals surface area contributed by atoms with E-state index in [4.69, 9.17) is 13.8 Å². The fraction of sp³-hybridized carbons (Fsp3) is 0.231. The number of aryl methyl sites for hydroxylation is 1. The Bertz CT molecular complexity index is 1650. The van der Waals surface area contributed by atoms with E-state index in [1.807, 2.05) is 47.0 Å². The van der Waals surface area contributed by atoms with E-state index in [1.165, 1.54) is 13.2 Å². The molecule has 4 heterocycles. The summed E-state index contributed by atoms with van der Waals surface area (Å²) in [5, 5.41) is 14.2. The highest BCUT2D eigenvalue weighted by molar-refractivity contribution is 5.99. The number of pyridine rings is 1. The second-order valence-electron chi connectivity index (χ2n) is 9.03. The van der Waals surface area contributed by atoms with Crippen molar-refractivity contribution in [2.45, 2.75) is 31.8 Å². The van der Waals surface area contributed by atoms with Gasteiger partial charge in [-0.25, -0.2) is 0 Å². The van der Waals surface area contributed by atoms with Gasteiger partial charge in [0.25, 0.3) is 17.7 Å². The number of amides is 2. The molecule has 0 atom stereocenters. The molecule has 2 amide bonds. The van der Waals surface area contributed by atoms with Crippen molar-refractivity contribution in [3.63, 3.8) is 0 Å². The molecule has 12 nitrogen and oxygen atoms in total. The lowest BCUT2D eigenvalue weighted by atomic mass is 10.2. The maximum absolute atomic E-state index is 12.9. The molecule has 12 heteroatoms. The average molecular weight is 514 g/mol. The van der Waals surface area contributed by atoms with Crippen LogP contribution in [0.3, 0.4) is 0 Å². The minimum Gasteiger partial charge on any atom is -0.479 e. The summed E-state index contributed by atoms with van der Waals surface area (Å²) in [6.45, 7) is 1.97. The molecule has 2 N–H and O–H groups in total. The van der Waals surface area contributed by atoms with Crippen LogP contribution in [0.4, 0.5) is 0 Å². The van der Waals surface area contributed by atoms with Gasteiger partial charge in [-0.15, -0.1) is 0 Å². The number of nitrogens with one attached hydrogen (secondary N) is 2. The first-order valence-electron chi connectivity index (χ1n) is 11.9. The van der Waals surface area contributed by atoms with Gasteiger partial charge in [-0.1, -0.05) is 23.4 Å². The zero-order chi connectivity index (χ0) is 26.3. The van der Waals surface area contributed by atoms with Crippen molar-refractivity contribution in [2.24, 2.45) is 0 Å². The summed E-state index contributed by atoms with van der Waals surface area (Å²) in [5.74, 6) is 0.314. The van der Waals surface area contributed by atoms with Gasteiger partial charge in [0.1, 0.15) is 11.2 Å². The van der Waals surface area contributed by atoms with Crippen molar-refractivity contribution in [3.05, 3.63) is 72.0 Å². The standard InChI is InChI=1S/C26H23N7O5/c1-15-29-24(38-31-15)20-11-16-5-3-4-6-19(16)33(20)18-8-7-17(27-14-18)13-28-25(35)26(9-10-26)30-23(34)21-12-22(36-2)32-37-21/h3-8,11-12,14H,9-10,13H2,1-2H3,(H,28,35)(H,30,34). The lowest BCUT2D eigenvalue weighted by Gasteiger charge is -2.16. The van der Waals surface area contributed by atoms with Crippen LogP contribution in [-0.2, 0) is 11.3 Å². The van der Waals surface area contributed by atoms with Crippen molar-refractivity contribution in [1.29, 1.82) is 0 Å². The minimum atomic E-state index is -0.974. The summed E-state index contributed by atoms with van der Waals surface area (Å²) in [5.41, 5.74) is 2.22. The van der Waals surface area contributed by atoms with Crippen LogP contribution in [0.25, 0.3) is 28.2 Å². The molecular weight excluding hydrogens is 490 g/mol. The number of ether oxygens (including phenoxy) is 1. The third kappa shape index (κ3) is 4.25. The third-order valence-corrected chi connectivity index (χ3v) is 6.41. The highest BCUT2D eigenvalue weighted by Crippen LogP contribution is 2.36. The van der Waals surface area contributed by atoms with Gasteiger partial charge in [0.05, 0.1) is 42.8 Å². The molecule has 1 aliphatic rings. The second-order valence-corrected chi connectivity index (χ2v) is 9.03. The predicted octanol–water partition coefficient (Wildman–Crippen LogP) is 2.96. The van der Waals surface area contributed by atoms with E-state index in [0.717, 1.165) is 22.3 Å². The van der Waals surface area contributed by atoms with Crippen LogP contribution in [0, 0.1) is 6.92 Å². The summed E-state index contributed by atoms with van der Waals surface area (Å²) in [7, 11) is 1.42. The maximum Gasteiger partial charge on any atom is 0.290 e. The molecule has 0 bridgehead atoms. The van der Waals surface area contributed by atoms with Gasteiger partial charge in [0, 0.05) is 5.39 Å². The monoisotopic (exact) mass is 513 g/mol. The average Bonchev–Trinajstić information content (AvgIpc) is 3.27. The van der Waals surface area contributed by atoms with Crippen molar-refractivity contribution < 1.29 is 23.4 Å². The Kier molecular flexibility index (Phi) is 5.63. The van der Waals surface area contributed by atoms with E-state index in [0.29, 0.717) is 30.3 Å². The SMILES string of the molecule is COc1cc(C(=O)NC2(C(=O)NCc3ccc(-n4c(-c5nc(C)no5)cc5ccccc54)cn3)CC2)on1. The number of fused-ring (bicyclic) bond motifs is 1. The fourth-order valence-electron chi connectivity index (χ4n) is 4.26. The molecule has 6 rings (SSSR count). The molecule has 1 saturated carbocycles. The highest BCUT2D eigenvalue weighted by Gasteiger charge is 2.51. The Morgan fingerprint density at radius 2 is 1.95 bits per heavy atom. The topological polar surface area (TPSA) is 150 Å². The van der Waals surface area contributed by atoms with E-state index < -0.39 is 11.4 Å². The molecule has 38 heavy (non-hydrogen) atoms. The van der Waals surface area contributed by atoms with Crippen LogP contribution in [0.15, 0.2) is 63.8 Å². The Morgan fingerprint density at radius 3 is 2.63 bits per heavy atom. The summed E-state index contributed by atoms with van der Waals surface area (Å²) in [6, 6.07) is 15.1. The number of para-hydroxylation sites is 1. The largest absolute Gasteiger partial charge is 0.479 e. The minimum absolute atomic E-state index is 0.0224. The Labute approximate surface area is 216 Å². The van der Waals surface area contributed by atoms with Gasteiger partial charge < -0.3 is 29.0 Å². The van der Waals surface area contributed by atoms with Crippen LogP contribution in [0.2, 0.25) is 0 Å². The molecule has 0 radical (unpaired) electrons. The molecule has 0 unspecified atom stereocenters. The van der Waals surface area contributed by atoms with Gasteiger partial charge in [0.2, 0.25) is 11.7 Å². The first-order chi connectivity index (χ1) is 18.5. The number of methoxy groups -OCH3 is 1. The van der Waals surface area contributed by atoms with Gasteiger partial charge in [-0.2, -0.15) is 4.98 Å². The number of rotatable bonds is 8. The normalized spacial score (nSPS) is 13.8. The van der Waals surface area contributed by atoms with E-state index in [1.54, 1.807) is 13.1 Å². The number of carbonyl (C=O) groups excluding carboxylic acids is 2. The van der Waals surface area contributed by atoms with Crippen molar-refractivity contribution in [3.8, 4) is 23.2 Å². The lowest BCUT2D eigenvalue weighted by molar-refractivity contribution is -0.124. The van der Waals surface area contributed by atoms with E-state index >= 15 is 0 Å². The predicted molar refractivity (Wildman–Crippen MR) is 133 cm³/mol. The lowest BCUT2D eigenvalue weighted by Crippen LogP contribution is -2.48. The van der Waals surface area contributed by atoms with Crippen molar-refractivity contribution in [1.82, 2.24) is 35.5 Å². The quantitative estimate of drug-likeness (QED) is 0.319. The Morgan fingerprint density at radius 1 is 1.11 bits per heavy atom. The van der Waals surface area contributed by atoms with Gasteiger partial charge >= 0.3 is 0 Å². The number of nitrogens with zero attached hydrogens (tertiary/aromatic N) is 5. The number of hydrogen-bond donors (Lipinski definition) is 2. The molecule has 1 aromatic carbocycles. The van der Waals surface area contributed by atoms with Gasteiger partial charge in [-0.3, -0.25) is 14.6 Å². The highest BCUT2D eigenvalue weighted by atomic mass is 16.5. The summed E-state index contributed by atoms with van der Waals surface area (Å²) in [6.07, 6.45) is 2.79. The van der Waals surface area contributed by atoms with E-state index in [9.17, 15) is 9.59 Å². The summed E-state index contributed by atoms with van der Waals surface area (Å²) >= 11 is 0. The third-order valence-electron chi connectivity index (χ3n) is 6.41. The van der Waals surface area contributed by atoms with Crippen LogP contribution in [-0.4, -0.2) is 49.3 Å². The summed E-state index contributed by atoms with van der Waals surface area (Å²) < 4.78 is 17.3. The fourth-order valence-corrected chi connectivity index (χ4v) is 4.26.